The lowest BCUT2D eigenvalue weighted by atomic mass is 9.90. The summed E-state index contributed by atoms with van der Waals surface area (Å²) in [6.45, 7) is 5.81. The summed E-state index contributed by atoms with van der Waals surface area (Å²) >= 11 is 0. The maximum atomic E-state index is 12.9. The van der Waals surface area contributed by atoms with E-state index in [1.165, 1.54) is 5.56 Å². The topological polar surface area (TPSA) is 49.4 Å². The van der Waals surface area contributed by atoms with E-state index in [4.69, 9.17) is 0 Å². The molecule has 1 saturated heterocycles. The molecule has 1 heterocycles. The van der Waals surface area contributed by atoms with E-state index in [9.17, 15) is 9.59 Å². The number of amides is 2. The molecule has 0 aliphatic carbocycles. The van der Waals surface area contributed by atoms with Crippen molar-refractivity contribution in [2.24, 2.45) is 5.92 Å². The molecule has 0 saturated carbocycles. The molecule has 0 bridgehead atoms. The van der Waals surface area contributed by atoms with E-state index in [1.807, 2.05) is 4.90 Å². The van der Waals surface area contributed by atoms with E-state index in [0.29, 0.717) is 12.3 Å². The van der Waals surface area contributed by atoms with Gasteiger partial charge in [0.2, 0.25) is 11.8 Å². The number of likely N-dealkylation sites (tertiary alicyclic amines) is 1. The maximum absolute atomic E-state index is 12.9. The van der Waals surface area contributed by atoms with Crippen LogP contribution in [0.15, 0.2) is 30.3 Å². The summed E-state index contributed by atoms with van der Waals surface area (Å²) in [5.41, 5.74) is 1.38. The summed E-state index contributed by atoms with van der Waals surface area (Å²) in [7, 11) is 0. The van der Waals surface area contributed by atoms with Crippen LogP contribution in [0.5, 0.6) is 0 Å². The zero-order valence-corrected chi connectivity index (χ0v) is 17.1. The molecule has 1 atom stereocenters. The van der Waals surface area contributed by atoms with Gasteiger partial charge >= 0.3 is 0 Å². The van der Waals surface area contributed by atoms with E-state index in [1.54, 1.807) is 0 Å². The van der Waals surface area contributed by atoms with Gasteiger partial charge in [-0.05, 0) is 43.6 Å². The summed E-state index contributed by atoms with van der Waals surface area (Å²) in [6, 6.07) is 10.2. The quantitative estimate of drug-likeness (QED) is 0.621. The van der Waals surface area contributed by atoms with Crippen LogP contribution in [0, 0.1) is 5.92 Å². The van der Waals surface area contributed by atoms with Gasteiger partial charge < -0.3 is 10.2 Å². The highest BCUT2D eigenvalue weighted by atomic mass is 16.2. The van der Waals surface area contributed by atoms with Gasteiger partial charge in [-0.1, -0.05) is 63.4 Å². The average molecular weight is 373 g/mol. The predicted octanol–water partition coefficient (Wildman–Crippen LogP) is 4.33. The average Bonchev–Trinajstić information content (AvgIpc) is 2.69. The first-order valence-corrected chi connectivity index (χ1v) is 10.8. The Morgan fingerprint density at radius 3 is 2.41 bits per heavy atom. The van der Waals surface area contributed by atoms with Crippen LogP contribution < -0.4 is 5.32 Å². The highest BCUT2D eigenvalue weighted by Gasteiger charge is 2.28. The predicted molar refractivity (Wildman–Crippen MR) is 110 cm³/mol. The summed E-state index contributed by atoms with van der Waals surface area (Å²) in [5, 5.41) is 2.99. The zero-order chi connectivity index (χ0) is 19.5. The van der Waals surface area contributed by atoms with Gasteiger partial charge in [-0.3, -0.25) is 9.59 Å². The Morgan fingerprint density at radius 2 is 1.78 bits per heavy atom. The normalized spacial score (nSPS) is 16.1. The molecule has 150 valence electrons. The van der Waals surface area contributed by atoms with Crippen molar-refractivity contribution in [3.63, 3.8) is 0 Å². The van der Waals surface area contributed by atoms with Crippen molar-refractivity contribution in [1.82, 2.24) is 10.2 Å². The van der Waals surface area contributed by atoms with Crippen molar-refractivity contribution >= 4 is 11.8 Å². The van der Waals surface area contributed by atoms with Crippen molar-refractivity contribution in [3.05, 3.63) is 35.9 Å². The molecule has 4 heteroatoms. The molecule has 2 rings (SSSR count). The van der Waals surface area contributed by atoms with Crippen molar-refractivity contribution < 1.29 is 9.59 Å². The third-order valence-electron chi connectivity index (χ3n) is 5.51. The summed E-state index contributed by atoms with van der Waals surface area (Å²) in [5.74, 6) is 0.776. The Balaban J connectivity index is 1.81. The third-order valence-corrected chi connectivity index (χ3v) is 5.51. The van der Waals surface area contributed by atoms with Gasteiger partial charge in [0.25, 0.3) is 0 Å². The van der Waals surface area contributed by atoms with Crippen LogP contribution >= 0.6 is 0 Å². The third kappa shape index (κ3) is 7.36. The van der Waals surface area contributed by atoms with Crippen molar-refractivity contribution in [1.29, 1.82) is 0 Å². The second-order valence-corrected chi connectivity index (χ2v) is 7.82. The fraction of sp³-hybridized carbons (Fsp3) is 0.652. The maximum Gasteiger partial charge on any atom is 0.245 e. The molecule has 1 aliphatic rings. The van der Waals surface area contributed by atoms with E-state index >= 15 is 0 Å². The first-order chi connectivity index (χ1) is 13.1. The second-order valence-electron chi connectivity index (χ2n) is 7.82. The molecule has 1 fully saturated rings. The minimum absolute atomic E-state index is 0.0224. The van der Waals surface area contributed by atoms with Gasteiger partial charge in [0.15, 0.2) is 0 Å². The number of carbonyl (C=O) groups is 2. The van der Waals surface area contributed by atoms with Crippen LogP contribution in [-0.4, -0.2) is 35.8 Å². The Bertz CT molecular complexity index is 565. The minimum atomic E-state index is -0.352. The van der Waals surface area contributed by atoms with Gasteiger partial charge in [-0.15, -0.1) is 0 Å². The van der Waals surface area contributed by atoms with Crippen LogP contribution in [0.3, 0.4) is 0 Å². The Labute approximate surface area is 164 Å². The highest BCUT2D eigenvalue weighted by Crippen LogP contribution is 2.22. The minimum Gasteiger partial charge on any atom is -0.344 e. The van der Waals surface area contributed by atoms with Crippen LogP contribution in [0.1, 0.15) is 70.8 Å². The first kappa shape index (κ1) is 21.5. The lowest BCUT2D eigenvalue weighted by molar-refractivity contribution is -0.137. The zero-order valence-electron chi connectivity index (χ0n) is 17.1. The fourth-order valence-corrected chi connectivity index (χ4v) is 3.87. The Kier molecular flexibility index (Phi) is 9.37. The molecule has 1 aliphatic heterocycles. The number of hydrogen-bond donors (Lipinski definition) is 1. The molecule has 2 amide bonds. The van der Waals surface area contributed by atoms with E-state index < -0.39 is 0 Å². The van der Waals surface area contributed by atoms with E-state index in [0.717, 1.165) is 64.5 Å². The number of benzene rings is 1. The van der Waals surface area contributed by atoms with Crippen molar-refractivity contribution in [2.45, 2.75) is 77.7 Å². The number of hydrogen-bond acceptors (Lipinski definition) is 2. The molecule has 1 unspecified atom stereocenters. The number of unbranched alkanes of at least 4 members (excludes halogenated alkanes) is 2. The van der Waals surface area contributed by atoms with Crippen molar-refractivity contribution in [3.8, 4) is 0 Å². The van der Waals surface area contributed by atoms with E-state index in [2.05, 4.69) is 49.5 Å². The molecule has 27 heavy (non-hydrogen) atoms. The Morgan fingerprint density at radius 1 is 1.07 bits per heavy atom. The molecular weight excluding hydrogens is 336 g/mol. The lowest BCUT2D eigenvalue weighted by Gasteiger charge is -2.34. The van der Waals surface area contributed by atoms with Gasteiger partial charge in [0, 0.05) is 19.5 Å². The van der Waals surface area contributed by atoms with Crippen LogP contribution in [-0.2, 0) is 16.0 Å². The molecule has 0 spiro atoms. The lowest BCUT2D eigenvalue weighted by Crippen LogP contribution is -2.50. The SMILES string of the molecule is CCCCCC(=O)NC(CCC)C(=O)N1CCC(Cc2ccccc2)CC1. The first-order valence-electron chi connectivity index (χ1n) is 10.8. The number of nitrogens with one attached hydrogen (secondary N) is 1. The van der Waals surface area contributed by atoms with Crippen LogP contribution in [0.2, 0.25) is 0 Å². The fourth-order valence-electron chi connectivity index (χ4n) is 3.87. The van der Waals surface area contributed by atoms with E-state index in [-0.39, 0.29) is 17.9 Å². The standard InChI is InChI=1S/C23H36N2O2/c1-3-5-7-13-22(26)24-21(10-4-2)23(27)25-16-14-20(15-17-25)18-19-11-8-6-9-12-19/h6,8-9,11-12,20-21H,3-5,7,10,13-18H2,1-2H3,(H,24,26). The van der Waals surface area contributed by atoms with Crippen molar-refractivity contribution in [2.75, 3.05) is 13.1 Å². The monoisotopic (exact) mass is 372 g/mol. The molecule has 1 aromatic rings. The number of rotatable bonds is 10. The molecule has 4 nitrogen and oxygen atoms in total. The molecule has 0 radical (unpaired) electrons. The summed E-state index contributed by atoms with van der Waals surface area (Å²) in [6.07, 6.45) is 8.40. The van der Waals surface area contributed by atoms with Gasteiger partial charge in [0.05, 0.1) is 0 Å². The Hall–Kier alpha value is -1.84. The molecule has 0 aromatic heterocycles. The van der Waals surface area contributed by atoms with Gasteiger partial charge in [0.1, 0.15) is 6.04 Å². The number of carbonyl (C=O) groups excluding carboxylic acids is 2. The van der Waals surface area contributed by atoms with Crippen LogP contribution in [0.4, 0.5) is 0 Å². The van der Waals surface area contributed by atoms with Gasteiger partial charge in [-0.25, -0.2) is 0 Å². The van der Waals surface area contributed by atoms with Crippen LogP contribution in [0.25, 0.3) is 0 Å². The van der Waals surface area contributed by atoms with Gasteiger partial charge in [-0.2, -0.15) is 0 Å². The second kappa shape index (κ2) is 11.8. The number of nitrogens with zero attached hydrogens (tertiary/aromatic N) is 1. The number of piperidine rings is 1. The smallest absolute Gasteiger partial charge is 0.245 e. The summed E-state index contributed by atoms with van der Waals surface area (Å²) < 4.78 is 0. The summed E-state index contributed by atoms with van der Waals surface area (Å²) in [4.78, 5) is 27.1. The molecular formula is C23H36N2O2. The molecule has 1 N–H and O–H groups in total. The highest BCUT2D eigenvalue weighted by molar-refractivity contribution is 5.87. The molecule has 1 aromatic carbocycles. The largest absolute Gasteiger partial charge is 0.344 e.